The van der Waals surface area contributed by atoms with Crippen molar-refractivity contribution in [2.75, 3.05) is 32.5 Å². The molecular formula is C15H25Cl2N3O. The van der Waals surface area contributed by atoms with E-state index in [1.807, 2.05) is 32.3 Å². The number of amides is 1. The fraction of sp³-hybridized carbons (Fsp3) is 0.533. The number of rotatable bonds is 7. The van der Waals surface area contributed by atoms with E-state index in [-0.39, 0.29) is 30.7 Å². The zero-order valence-corrected chi connectivity index (χ0v) is 14.2. The average molecular weight is 334 g/mol. The van der Waals surface area contributed by atoms with Gasteiger partial charge in [0.05, 0.1) is 6.54 Å². The van der Waals surface area contributed by atoms with E-state index in [2.05, 4.69) is 21.6 Å². The van der Waals surface area contributed by atoms with Crippen LogP contribution in [0.1, 0.15) is 18.4 Å². The molecule has 0 aliphatic heterocycles. The minimum atomic E-state index is 0. The molecule has 0 atom stereocenters. The molecule has 1 aromatic rings. The summed E-state index contributed by atoms with van der Waals surface area (Å²) in [5.74, 6) is 0.832. The summed E-state index contributed by atoms with van der Waals surface area (Å²) in [6.45, 7) is 2.24. The van der Waals surface area contributed by atoms with Crippen molar-refractivity contribution in [1.82, 2.24) is 10.2 Å². The number of carbonyl (C=O) groups is 1. The van der Waals surface area contributed by atoms with Gasteiger partial charge in [-0.1, -0.05) is 12.1 Å². The van der Waals surface area contributed by atoms with Crippen molar-refractivity contribution >= 4 is 36.4 Å². The van der Waals surface area contributed by atoms with E-state index in [0.717, 1.165) is 24.7 Å². The lowest BCUT2D eigenvalue weighted by molar-refractivity contribution is -0.115. The highest BCUT2D eigenvalue weighted by molar-refractivity contribution is 5.92. The first kappa shape index (κ1) is 20.2. The van der Waals surface area contributed by atoms with Gasteiger partial charge in [-0.25, -0.2) is 0 Å². The minimum Gasteiger partial charge on any atom is -0.325 e. The molecule has 1 saturated carbocycles. The van der Waals surface area contributed by atoms with E-state index in [1.54, 1.807) is 0 Å². The minimum absolute atomic E-state index is 0. The van der Waals surface area contributed by atoms with Gasteiger partial charge in [-0.2, -0.15) is 0 Å². The summed E-state index contributed by atoms with van der Waals surface area (Å²) in [6.07, 6.45) is 2.61. The Morgan fingerprint density at radius 1 is 1.29 bits per heavy atom. The monoisotopic (exact) mass is 333 g/mol. The molecule has 0 aromatic heterocycles. The summed E-state index contributed by atoms with van der Waals surface area (Å²) >= 11 is 0. The third-order valence-corrected chi connectivity index (χ3v) is 3.13. The summed E-state index contributed by atoms with van der Waals surface area (Å²) in [5.41, 5.74) is 2.08. The normalized spacial score (nSPS) is 13.3. The Balaban J connectivity index is 0.00000200. The van der Waals surface area contributed by atoms with E-state index < -0.39 is 0 Å². The lowest BCUT2D eigenvalue weighted by Crippen LogP contribution is -2.29. The average Bonchev–Trinajstić information content (AvgIpc) is 3.12. The van der Waals surface area contributed by atoms with Crippen LogP contribution in [0.15, 0.2) is 24.3 Å². The number of hydrogen-bond donors (Lipinski definition) is 2. The molecule has 1 amide bonds. The molecule has 2 N–H and O–H groups in total. The molecule has 4 nitrogen and oxygen atoms in total. The summed E-state index contributed by atoms with van der Waals surface area (Å²) < 4.78 is 0. The van der Waals surface area contributed by atoms with Gasteiger partial charge in [0.1, 0.15) is 0 Å². The highest BCUT2D eigenvalue weighted by Gasteiger charge is 2.20. The number of benzene rings is 1. The summed E-state index contributed by atoms with van der Waals surface area (Å²) in [5, 5.41) is 6.12. The molecule has 1 aliphatic carbocycles. The van der Waals surface area contributed by atoms with Gasteiger partial charge in [-0.3, -0.25) is 4.79 Å². The lowest BCUT2D eigenvalue weighted by Gasteiger charge is -2.11. The van der Waals surface area contributed by atoms with Crippen LogP contribution in [0, 0.1) is 5.92 Å². The van der Waals surface area contributed by atoms with E-state index in [9.17, 15) is 4.79 Å². The van der Waals surface area contributed by atoms with E-state index >= 15 is 0 Å². The highest BCUT2D eigenvalue weighted by atomic mass is 35.5. The SMILES string of the molecule is CN(C)Cc1cccc(NC(=O)CNCC2CC2)c1.Cl.Cl. The summed E-state index contributed by atoms with van der Waals surface area (Å²) in [4.78, 5) is 13.9. The molecule has 0 heterocycles. The molecule has 0 bridgehead atoms. The van der Waals surface area contributed by atoms with E-state index in [4.69, 9.17) is 0 Å². The van der Waals surface area contributed by atoms with Gasteiger partial charge < -0.3 is 15.5 Å². The number of anilines is 1. The third kappa shape index (κ3) is 8.27. The molecule has 0 spiro atoms. The second-order valence-electron chi connectivity index (χ2n) is 5.56. The number of nitrogens with one attached hydrogen (secondary N) is 2. The molecule has 1 aromatic carbocycles. The Morgan fingerprint density at radius 2 is 2.00 bits per heavy atom. The quantitative estimate of drug-likeness (QED) is 0.805. The lowest BCUT2D eigenvalue weighted by atomic mass is 10.2. The van der Waals surface area contributed by atoms with Gasteiger partial charge in [0.15, 0.2) is 0 Å². The Bertz CT molecular complexity index is 437. The first-order valence-electron chi connectivity index (χ1n) is 6.88. The van der Waals surface area contributed by atoms with Crippen LogP contribution in [-0.4, -0.2) is 38.0 Å². The number of halogens is 2. The van der Waals surface area contributed by atoms with Crippen LogP contribution in [0.3, 0.4) is 0 Å². The molecule has 21 heavy (non-hydrogen) atoms. The maximum absolute atomic E-state index is 11.8. The van der Waals surface area contributed by atoms with Crippen molar-refractivity contribution < 1.29 is 4.79 Å². The van der Waals surface area contributed by atoms with Crippen LogP contribution < -0.4 is 10.6 Å². The number of nitrogens with zero attached hydrogens (tertiary/aromatic N) is 1. The third-order valence-electron chi connectivity index (χ3n) is 3.13. The fourth-order valence-electron chi connectivity index (χ4n) is 2.03. The topological polar surface area (TPSA) is 44.4 Å². The second-order valence-corrected chi connectivity index (χ2v) is 5.56. The maximum atomic E-state index is 11.8. The predicted molar refractivity (Wildman–Crippen MR) is 92.6 cm³/mol. The molecule has 0 unspecified atom stereocenters. The largest absolute Gasteiger partial charge is 0.325 e. The number of carbonyl (C=O) groups excluding carboxylic acids is 1. The first-order chi connectivity index (χ1) is 9.13. The van der Waals surface area contributed by atoms with Gasteiger partial charge in [0.2, 0.25) is 5.91 Å². The van der Waals surface area contributed by atoms with E-state index in [1.165, 1.54) is 18.4 Å². The Labute approximate surface area is 139 Å². The zero-order chi connectivity index (χ0) is 13.7. The smallest absolute Gasteiger partial charge is 0.238 e. The van der Waals surface area contributed by atoms with Crippen molar-refractivity contribution in [3.63, 3.8) is 0 Å². The molecule has 0 radical (unpaired) electrons. The van der Waals surface area contributed by atoms with Gasteiger partial charge in [-0.15, -0.1) is 24.8 Å². The fourth-order valence-corrected chi connectivity index (χ4v) is 2.03. The van der Waals surface area contributed by atoms with Gasteiger partial charge in [-0.05, 0) is 57.1 Å². The standard InChI is InChI=1S/C15H23N3O.2ClH/c1-18(2)11-13-4-3-5-14(8-13)17-15(19)10-16-9-12-6-7-12;;/h3-5,8,12,16H,6-7,9-11H2,1-2H3,(H,17,19);2*1H. The van der Waals surface area contributed by atoms with Crippen molar-refractivity contribution in [1.29, 1.82) is 0 Å². The van der Waals surface area contributed by atoms with Crippen LogP contribution >= 0.6 is 24.8 Å². The van der Waals surface area contributed by atoms with Crippen molar-refractivity contribution in [3.8, 4) is 0 Å². The molecule has 120 valence electrons. The van der Waals surface area contributed by atoms with Crippen LogP contribution in [0.5, 0.6) is 0 Å². The molecule has 1 fully saturated rings. The van der Waals surface area contributed by atoms with Crippen LogP contribution in [0.2, 0.25) is 0 Å². The van der Waals surface area contributed by atoms with E-state index in [0.29, 0.717) is 6.54 Å². The van der Waals surface area contributed by atoms with Crippen LogP contribution in [0.25, 0.3) is 0 Å². The summed E-state index contributed by atoms with van der Waals surface area (Å²) in [7, 11) is 4.07. The van der Waals surface area contributed by atoms with Crippen molar-refractivity contribution in [2.24, 2.45) is 5.92 Å². The first-order valence-corrected chi connectivity index (χ1v) is 6.88. The molecule has 2 rings (SSSR count). The maximum Gasteiger partial charge on any atom is 0.238 e. The molecule has 1 aliphatic rings. The van der Waals surface area contributed by atoms with Gasteiger partial charge in [0, 0.05) is 12.2 Å². The Morgan fingerprint density at radius 3 is 2.62 bits per heavy atom. The molecule has 0 saturated heterocycles. The van der Waals surface area contributed by atoms with Crippen molar-refractivity contribution in [2.45, 2.75) is 19.4 Å². The molecular weight excluding hydrogens is 309 g/mol. The van der Waals surface area contributed by atoms with Crippen LogP contribution in [0.4, 0.5) is 5.69 Å². The second kappa shape index (κ2) is 10.0. The number of hydrogen-bond acceptors (Lipinski definition) is 3. The van der Waals surface area contributed by atoms with Gasteiger partial charge in [0.25, 0.3) is 0 Å². The molecule has 6 heteroatoms. The summed E-state index contributed by atoms with van der Waals surface area (Å²) in [6, 6.07) is 8.00. The highest BCUT2D eigenvalue weighted by Crippen LogP contribution is 2.27. The predicted octanol–water partition coefficient (Wildman–Crippen LogP) is 2.53. The zero-order valence-electron chi connectivity index (χ0n) is 12.6. The Hall–Kier alpha value is -0.810. The van der Waals surface area contributed by atoms with Crippen molar-refractivity contribution in [3.05, 3.63) is 29.8 Å². The van der Waals surface area contributed by atoms with Gasteiger partial charge >= 0.3 is 0 Å². The van der Waals surface area contributed by atoms with Crippen LogP contribution in [-0.2, 0) is 11.3 Å². The Kier molecular flexibility index (Phi) is 9.62.